The summed E-state index contributed by atoms with van der Waals surface area (Å²) in [4.78, 5) is 17.4. The zero-order chi connectivity index (χ0) is 21.1. The summed E-state index contributed by atoms with van der Waals surface area (Å²) in [6.45, 7) is 4.00. The minimum absolute atomic E-state index is 0.210. The van der Waals surface area contributed by atoms with E-state index in [4.69, 9.17) is 9.15 Å². The van der Waals surface area contributed by atoms with Crippen molar-refractivity contribution >= 4 is 11.6 Å². The van der Waals surface area contributed by atoms with Crippen molar-refractivity contribution in [1.82, 2.24) is 4.98 Å². The predicted octanol–water partition coefficient (Wildman–Crippen LogP) is 5.89. The molecule has 5 nitrogen and oxygen atoms in total. The van der Waals surface area contributed by atoms with Crippen molar-refractivity contribution in [1.29, 1.82) is 0 Å². The fourth-order valence-corrected chi connectivity index (χ4v) is 3.32. The number of ether oxygens (including phenoxy) is 1. The molecule has 0 saturated heterocycles. The highest BCUT2D eigenvalue weighted by molar-refractivity contribution is 6.08. The third-order valence-corrected chi connectivity index (χ3v) is 4.89. The van der Waals surface area contributed by atoms with Gasteiger partial charge < -0.3 is 14.5 Å². The van der Waals surface area contributed by atoms with E-state index in [-0.39, 0.29) is 5.91 Å². The van der Waals surface area contributed by atoms with Gasteiger partial charge in [0, 0.05) is 16.8 Å². The van der Waals surface area contributed by atoms with Gasteiger partial charge in [0.1, 0.15) is 5.75 Å². The Morgan fingerprint density at radius 3 is 2.63 bits per heavy atom. The third-order valence-electron chi connectivity index (χ3n) is 4.89. The summed E-state index contributed by atoms with van der Waals surface area (Å²) in [5.41, 5.74) is 4.92. The Kier molecular flexibility index (Phi) is 5.35. The summed E-state index contributed by atoms with van der Waals surface area (Å²) in [5, 5.41) is 2.99. The van der Waals surface area contributed by atoms with Gasteiger partial charge in [-0.3, -0.25) is 4.79 Å². The van der Waals surface area contributed by atoms with E-state index in [1.807, 2.05) is 74.5 Å². The smallest absolute Gasteiger partial charge is 0.256 e. The molecule has 1 amide bonds. The van der Waals surface area contributed by atoms with Crippen molar-refractivity contribution < 1.29 is 13.9 Å². The van der Waals surface area contributed by atoms with Crippen LogP contribution in [0.5, 0.6) is 5.75 Å². The molecule has 0 aliphatic rings. The van der Waals surface area contributed by atoms with E-state index in [0.717, 1.165) is 28.1 Å². The SMILES string of the molecule is COc1cccc(-c2cnc(-c3ccccc3C(=O)Nc3ccc(C)cc3C)o2)c1. The number of anilines is 1. The highest BCUT2D eigenvalue weighted by Gasteiger charge is 2.18. The highest BCUT2D eigenvalue weighted by Crippen LogP contribution is 2.30. The van der Waals surface area contributed by atoms with Crippen molar-refractivity contribution in [3.63, 3.8) is 0 Å². The van der Waals surface area contributed by atoms with Crippen molar-refractivity contribution in [3.8, 4) is 28.5 Å². The third kappa shape index (κ3) is 3.96. The van der Waals surface area contributed by atoms with Crippen LogP contribution in [0.1, 0.15) is 21.5 Å². The number of carbonyl (C=O) groups is 1. The van der Waals surface area contributed by atoms with Crippen LogP contribution in [0.3, 0.4) is 0 Å². The van der Waals surface area contributed by atoms with Crippen LogP contribution in [0.25, 0.3) is 22.8 Å². The molecule has 0 atom stereocenters. The average molecular weight is 398 g/mol. The lowest BCUT2D eigenvalue weighted by Gasteiger charge is -2.11. The van der Waals surface area contributed by atoms with E-state index in [0.29, 0.717) is 22.8 Å². The Labute approximate surface area is 175 Å². The number of rotatable bonds is 5. The van der Waals surface area contributed by atoms with Crippen LogP contribution in [-0.2, 0) is 0 Å². The first-order valence-electron chi connectivity index (χ1n) is 9.63. The molecule has 1 aromatic heterocycles. The molecule has 4 aromatic rings. The number of methoxy groups -OCH3 is 1. The van der Waals surface area contributed by atoms with Crippen molar-refractivity contribution in [2.24, 2.45) is 0 Å². The molecule has 3 aromatic carbocycles. The molecule has 0 spiro atoms. The number of amides is 1. The van der Waals surface area contributed by atoms with Crippen LogP contribution in [0.15, 0.2) is 77.3 Å². The maximum absolute atomic E-state index is 13.0. The van der Waals surface area contributed by atoms with Crippen molar-refractivity contribution in [3.05, 3.63) is 89.6 Å². The maximum atomic E-state index is 13.0. The summed E-state index contributed by atoms with van der Waals surface area (Å²) < 4.78 is 11.3. The van der Waals surface area contributed by atoms with E-state index < -0.39 is 0 Å². The van der Waals surface area contributed by atoms with E-state index in [1.54, 1.807) is 19.4 Å². The molecule has 0 saturated carbocycles. The van der Waals surface area contributed by atoms with Crippen LogP contribution < -0.4 is 10.1 Å². The summed E-state index contributed by atoms with van der Waals surface area (Å²) >= 11 is 0. The number of aryl methyl sites for hydroxylation is 2. The molecule has 4 rings (SSSR count). The molecule has 0 aliphatic carbocycles. The summed E-state index contributed by atoms with van der Waals surface area (Å²) in [5.74, 6) is 1.52. The number of aromatic nitrogens is 1. The molecular weight excluding hydrogens is 376 g/mol. The lowest BCUT2D eigenvalue weighted by Crippen LogP contribution is -2.14. The zero-order valence-corrected chi connectivity index (χ0v) is 17.1. The summed E-state index contributed by atoms with van der Waals surface area (Å²) in [6.07, 6.45) is 1.66. The number of hydrogen-bond acceptors (Lipinski definition) is 4. The van der Waals surface area contributed by atoms with Gasteiger partial charge in [0.15, 0.2) is 5.76 Å². The fourth-order valence-electron chi connectivity index (χ4n) is 3.32. The molecule has 0 unspecified atom stereocenters. The maximum Gasteiger partial charge on any atom is 0.256 e. The van der Waals surface area contributed by atoms with E-state index in [9.17, 15) is 4.79 Å². The van der Waals surface area contributed by atoms with Crippen molar-refractivity contribution in [2.45, 2.75) is 13.8 Å². The molecule has 1 heterocycles. The van der Waals surface area contributed by atoms with Gasteiger partial charge >= 0.3 is 0 Å². The molecule has 0 aliphatic heterocycles. The van der Waals surface area contributed by atoms with Gasteiger partial charge in [0.2, 0.25) is 5.89 Å². The first-order chi connectivity index (χ1) is 14.5. The molecular formula is C25H22N2O3. The Bertz CT molecular complexity index is 1210. The second-order valence-electron chi connectivity index (χ2n) is 7.08. The lowest BCUT2D eigenvalue weighted by molar-refractivity contribution is 0.102. The molecule has 150 valence electrons. The molecule has 0 bridgehead atoms. The summed E-state index contributed by atoms with van der Waals surface area (Å²) in [7, 11) is 1.62. The topological polar surface area (TPSA) is 64.4 Å². The zero-order valence-electron chi connectivity index (χ0n) is 17.1. The van der Waals surface area contributed by atoms with Gasteiger partial charge in [-0.25, -0.2) is 4.98 Å². The molecule has 1 N–H and O–H groups in total. The number of oxazole rings is 1. The normalized spacial score (nSPS) is 10.6. The van der Waals surface area contributed by atoms with Crippen LogP contribution in [-0.4, -0.2) is 18.0 Å². The molecule has 5 heteroatoms. The van der Waals surface area contributed by atoms with Gasteiger partial charge in [0.25, 0.3) is 5.91 Å². The van der Waals surface area contributed by atoms with Gasteiger partial charge in [-0.2, -0.15) is 0 Å². The van der Waals surface area contributed by atoms with Gasteiger partial charge in [-0.15, -0.1) is 0 Å². The van der Waals surface area contributed by atoms with Gasteiger partial charge in [-0.05, 0) is 49.7 Å². The second kappa shape index (κ2) is 8.25. The Balaban J connectivity index is 1.65. The lowest BCUT2D eigenvalue weighted by atomic mass is 10.1. The van der Waals surface area contributed by atoms with E-state index in [1.165, 1.54) is 0 Å². The standard InChI is InChI=1S/C25H22N2O3/c1-16-11-12-22(17(2)13-16)27-24(28)20-9-4-5-10-21(20)25-26-15-23(30-25)18-7-6-8-19(14-18)29-3/h4-15H,1-3H3,(H,27,28). The van der Waals surface area contributed by atoms with Gasteiger partial charge in [0.05, 0.1) is 18.9 Å². The number of hydrogen-bond donors (Lipinski definition) is 1. The van der Waals surface area contributed by atoms with Crippen molar-refractivity contribution in [2.75, 3.05) is 12.4 Å². The largest absolute Gasteiger partial charge is 0.497 e. The van der Waals surface area contributed by atoms with Crippen LogP contribution >= 0.6 is 0 Å². The van der Waals surface area contributed by atoms with Crippen LogP contribution in [0, 0.1) is 13.8 Å². The van der Waals surface area contributed by atoms with E-state index in [2.05, 4.69) is 10.3 Å². The fraction of sp³-hybridized carbons (Fsp3) is 0.120. The Hall–Kier alpha value is -3.86. The Morgan fingerprint density at radius 1 is 1.00 bits per heavy atom. The minimum Gasteiger partial charge on any atom is -0.497 e. The monoisotopic (exact) mass is 398 g/mol. The number of carbonyl (C=O) groups excluding carboxylic acids is 1. The predicted molar refractivity (Wildman–Crippen MR) is 118 cm³/mol. The number of benzene rings is 3. The molecule has 30 heavy (non-hydrogen) atoms. The molecule has 0 radical (unpaired) electrons. The van der Waals surface area contributed by atoms with Gasteiger partial charge in [-0.1, -0.05) is 42.0 Å². The first kappa shape index (κ1) is 19.5. The second-order valence-corrected chi connectivity index (χ2v) is 7.08. The van der Waals surface area contributed by atoms with E-state index >= 15 is 0 Å². The first-order valence-corrected chi connectivity index (χ1v) is 9.63. The number of nitrogens with one attached hydrogen (secondary N) is 1. The van der Waals surface area contributed by atoms with Crippen LogP contribution in [0.4, 0.5) is 5.69 Å². The molecule has 0 fully saturated rings. The summed E-state index contributed by atoms with van der Waals surface area (Å²) in [6, 6.07) is 20.8. The van der Waals surface area contributed by atoms with Crippen LogP contribution in [0.2, 0.25) is 0 Å². The Morgan fingerprint density at radius 2 is 1.83 bits per heavy atom. The quantitative estimate of drug-likeness (QED) is 0.455. The highest BCUT2D eigenvalue weighted by atomic mass is 16.5. The average Bonchev–Trinajstić information content (AvgIpc) is 3.26. The minimum atomic E-state index is -0.210. The number of nitrogens with zero attached hydrogens (tertiary/aromatic N) is 1.